The third-order valence-corrected chi connectivity index (χ3v) is 4.42. The van der Waals surface area contributed by atoms with Crippen molar-refractivity contribution in [2.24, 2.45) is 20.4 Å². The van der Waals surface area contributed by atoms with Crippen LogP contribution in [0.3, 0.4) is 0 Å². The minimum atomic E-state index is -4.66. The summed E-state index contributed by atoms with van der Waals surface area (Å²) in [5.74, 6) is -11.5. The van der Waals surface area contributed by atoms with E-state index in [1.54, 1.807) is 12.2 Å². The van der Waals surface area contributed by atoms with Crippen LogP contribution in [-0.4, -0.2) is 41.0 Å². The van der Waals surface area contributed by atoms with Crippen molar-refractivity contribution in [3.05, 3.63) is 70.5 Å². The SMILES string of the molecule is CCNC([S-])=NN=C(C(=NN=C([S-])NCC(F)(F)F)c1ccccc1)c1c(F)c(F)c(F)c(F)c1F.[Cu+2]. The molecule has 1 radical (unpaired) electrons. The predicted molar refractivity (Wildman–Crippen MR) is 123 cm³/mol. The Hall–Kier alpha value is -2.88. The van der Waals surface area contributed by atoms with Crippen LogP contribution in [0.2, 0.25) is 0 Å². The molecule has 0 aliphatic heterocycles. The monoisotopic (exact) mass is 617 g/mol. The smallest absolute Gasteiger partial charge is 0.741 e. The molecular formula is C20H14CuF8N6S2. The maximum Gasteiger partial charge on any atom is 2.00 e. The Kier molecular flexibility index (Phi) is 12.3. The Labute approximate surface area is 226 Å². The fourth-order valence-corrected chi connectivity index (χ4v) is 2.75. The van der Waals surface area contributed by atoms with Gasteiger partial charge in [0.05, 0.1) is 5.56 Å². The summed E-state index contributed by atoms with van der Waals surface area (Å²) in [5, 5.41) is 17.2. The van der Waals surface area contributed by atoms with E-state index in [1.807, 2.05) is 0 Å². The second-order valence-electron chi connectivity index (χ2n) is 6.52. The molecule has 0 amide bonds. The van der Waals surface area contributed by atoms with Crippen molar-refractivity contribution in [2.45, 2.75) is 13.1 Å². The van der Waals surface area contributed by atoms with Crippen LogP contribution in [0.1, 0.15) is 18.1 Å². The van der Waals surface area contributed by atoms with E-state index in [9.17, 15) is 35.1 Å². The molecule has 17 heteroatoms. The van der Waals surface area contributed by atoms with Crippen molar-refractivity contribution in [2.75, 3.05) is 13.1 Å². The molecule has 0 aliphatic carbocycles. The number of alkyl halides is 3. The van der Waals surface area contributed by atoms with Gasteiger partial charge in [-0.2, -0.15) is 23.4 Å². The molecule has 0 bridgehead atoms. The average molecular weight is 618 g/mol. The van der Waals surface area contributed by atoms with Gasteiger partial charge in [0.25, 0.3) is 0 Å². The van der Waals surface area contributed by atoms with Crippen LogP contribution in [0.25, 0.3) is 0 Å². The molecule has 0 saturated carbocycles. The standard InChI is InChI=1S/C20H16F8N6S2.Cu/c1-2-29-18(35)33-32-17(10-11(21)13(23)15(25)14(24)12(10)22)16(9-6-4-3-5-7-9)31-34-19(36)30-8-20(26,27)28;/h3-7H,2,8H2,1H3,(H2,29,33,35)(H2,30,34,36);/q;+2/p-2. The summed E-state index contributed by atoms with van der Waals surface area (Å²) in [5.41, 5.74) is -3.22. The fourth-order valence-electron chi connectivity index (χ4n) is 2.46. The van der Waals surface area contributed by atoms with Crippen LogP contribution in [0.15, 0.2) is 50.7 Å². The first-order chi connectivity index (χ1) is 16.9. The Bertz CT molecular complexity index is 1190. The van der Waals surface area contributed by atoms with Crippen LogP contribution in [0.4, 0.5) is 35.1 Å². The summed E-state index contributed by atoms with van der Waals surface area (Å²) in [4.78, 5) is 0. The molecule has 2 aromatic carbocycles. The van der Waals surface area contributed by atoms with Crippen molar-refractivity contribution < 1.29 is 52.2 Å². The van der Waals surface area contributed by atoms with Crippen LogP contribution >= 0.6 is 0 Å². The quantitative estimate of drug-likeness (QED) is 0.0719. The van der Waals surface area contributed by atoms with Gasteiger partial charge in [0, 0.05) is 12.1 Å². The maximum atomic E-state index is 14.7. The van der Waals surface area contributed by atoms with Crippen LogP contribution < -0.4 is 10.6 Å². The number of hydrogen-bond acceptors (Lipinski definition) is 6. The van der Waals surface area contributed by atoms with E-state index in [0.717, 1.165) is 0 Å². The Balaban J connectivity index is 0.00000684. The first-order valence-electron chi connectivity index (χ1n) is 9.64. The molecule has 0 saturated heterocycles. The zero-order valence-corrected chi connectivity index (χ0v) is 20.8. The van der Waals surface area contributed by atoms with E-state index >= 15 is 0 Å². The molecule has 2 aromatic rings. The molecule has 0 spiro atoms. The summed E-state index contributed by atoms with van der Waals surface area (Å²) < 4.78 is 108. The number of hydrogen-bond donors (Lipinski definition) is 2. The number of nitrogens with zero attached hydrogens (tertiary/aromatic N) is 4. The minimum absolute atomic E-state index is 0. The van der Waals surface area contributed by atoms with Crippen LogP contribution in [0.5, 0.6) is 0 Å². The molecular weight excluding hydrogens is 604 g/mol. The van der Waals surface area contributed by atoms with Gasteiger partial charge in [0.15, 0.2) is 23.3 Å². The molecule has 0 unspecified atom stereocenters. The van der Waals surface area contributed by atoms with Gasteiger partial charge >= 0.3 is 23.2 Å². The Morgan fingerprint density at radius 1 is 0.730 bits per heavy atom. The fraction of sp³-hybridized carbons (Fsp3) is 0.200. The largest absolute Gasteiger partial charge is 2.00 e. The molecule has 0 heterocycles. The van der Waals surface area contributed by atoms with E-state index in [2.05, 4.69) is 38.4 Å². The van der Waals surface area contributed by atoms with E-state index in [0.29, 0.717) is 0 Å². The molecule has 2 rings (SSSR count). The van der Waals surface area contributed by atoms with E-state index in [1.165, 1.54) is 30.3 Å². The van der Waals surface area contributed by atoms with Gasteiger partial charge in [-0.1, -0.05) is 30.3 Å². The van der Waals surface area contributed by atoms with E-state index in [4.69, 9.17) is 12.6 Å². The van der Waals surface area contributed by atoms with Crippen molar-refractivity contribution in [3.8, 4) is 0 Å². The molecule has 6 nitrogen and oxygen atoms in total. The van der Waals surface area contributed by atoms with Crippen molar-refractivity contribution in [1.82, 2.24) is 10.6 Å². The topological polar surface area (TPSA) is 73.5 Å². The van der Waals surface area contributed by atoms with E-state index in [-0.39, 0.29) is 34.3 Å². The van der Waals surface area contributed by atoms with Gasteiger partial charge < -0.3 is 35.9 Å². The summed E-state index contributed by atoms with van der Waals surface area (Å²) >= 11 is 9.51. The van der Waals surface area contributed by atoms with Gasteiger partial charge in [-0.25, -0.2) is 22.0 Å². The number of nitrogens with one attached hydrogen (secondary N) is 2. The van der Waals surface area contributed by atoms with Crippen LogP contribution in [-0.2, 0) is 42.3 Å². The van der Waals surface area contributed by atoms with Gasteiger partial charge in [-0.15, -0.1) is 10.2 Å². The molecule has 2 N–H and O–H groups in total. The third kappa shape index (κ3) is 8.87. The first-order valence-corrected chi connectivity index (χ1v) is 10.5. The van der Waals surface area contributed by atoms with Gasteiger partial charge in [-0.05, 0) is 17.3 Å². The number of benzene rings is 2. The average Bonchev–Trinajstić information content (AvgIpc) is 2.83. The van der Waals surface area contributed by atoms with Crippen molar-refractivity contribution >= 4 is 47.0 Å². The molecule has 0 fully saturated rings. The predicted octanol–water partition coefficient (Wildman–Crippen LogP) is 4.06. The van der Waals surface area contributed by atoms with Gasteiger partial charge in [0.2, 0.25) is 5.82 Å². The number of amidine groups is 2. The summed E-state index contributed by atoms with van der Waals surface area (Å²) in [7, 11) is 0. The molecule has 0 aliphatic rings. The molecule has 203 valence electrons. The zero-order valence-electron chi connectivity index (χ0n) is 18.2. The first kappa shape index (κ1) is 32.1. The van der Waals surface area contributed by atoms with E-state index < -0.39 is 64.0 Å². The van der Waals surface area contributed by atoms with Crippen molar-refractivity contribution in [1.29, 1.82) is 0 Å². The summed E-state index contributed by atoms with van der Waals surface area (Å²) in [6.45, 7) is 0.307. The maximum absolute atomic E-state index is 14.7. The second kappa shape index (κ2) is 14.2. The Morgan fingerprint density at radius 2 is 1.19 bits per heavy atom. The Morgan fingerprint density at radius 3 is 1.68 bits per heavy atom. The summed E-state index contributed by atoms with van der Waals surface area (Å²) in [6.07, 6.45) is -4.66. The van der Waals surface area contributed by atoms with Crippen LogP contribution in [0, 0.1) is 29.1 Å². The summed E-state index contributed by atoms with van der Waals surface area (Å²) in [6, 6.07) is 6.95. The molecule has 0 aromatic heterocycles. The minimum Gasteiger partial charge on any atom is -0.741 e. The zero-order chi connectivity index (χ0) is 27.0. The molecule has 37 heavy (non-hydrogen) atoms. The molecule has 0 atom stereocenters. The van der Waals surface area contributed by atoms with Crippen molar-refractivity contribution in [3.63, 3.8) is 0 Å². The normalized spacial score (nSPS) is 13.3. The second-order valence-corrected chi connectivity index (χ2v) is 7.29. The number of halogens is 8. The number of rotatable bonds is 7. The third-order valence-electron chi connectivity index (χ3n) is 3.97. The van der Waals surface area contributed by atoms with Gasteiger partial charge in [-0.3, -0.25) is 0 Å². The van der Waals surface area contributed by atoms with Gasteiger partial charge in [0.1, 0.15) is 18.0 Å².